The number of aliphatic hydroxyl groups is 2. The molecule has 4 heteroatoms. The average Bonchev–Trinajstić information content (AvgIpc) is 2.92. The van der Waals surface area contributed by atoms with Gasteiger partial charge < -0.3 is 10.2 Å². The van der Waals surface area contributed by atoms with Gasteiger partial charge in [0.25, 0.3) is 0 Å². The predicted octanol–water partition coefficient (Wildman–Crippen LogP) is 3.37. The van der Waals surface area contributed by atoms with E-state index in [4.69, 9.17) is 5.11 Å². The van der Waals surface area contributed by atoms with Gasteiger partial charge in [0, 0.05) is 18.8 Å². The lowest BCUT2D eigenvalue weighted by molar-refractivity contribution is -0.122. The molecule has 24 heavy (non-hydrogen) atoms. The van der Waals surface area contributed by atoms with Crippen molar-refractivity contribution in [1.29, 1.82) is 0 Å². The van der Waals surface area contributed by atoms with Gasteiger partial charge in [0.1, 0.15) is 12.4 Å². The summed E-state index contributed by atoms with van der Waals surface area (Å²) in [6, 6.07) is 0. The Balaban J connectivity index is 2.37. The molecule has 1 aliphatic rings. The zero-order valence-electron chi connectivity index (χ0n) is 14.8. The molecule has 0 aromatic rings. The van der Waals surface area contributed by atoms with E-state index in [2.05, 4.69) is 13.0 Å². The van der Waals surface area contributed by atoms with Gasteiger partial charge in [0.15, 0.2) is 5.78 Å². The normalized spacial score (nSPS) is 22.7. The molecule has 2 N–H and O–H groups in total. The van der Waals surface area contributed by atoms with Gasteiger partial charge in [-0.2, -0.15) is 0 Å². The lowest BCUT2D eigenvalue weighted by Crippen LogP contribution is -2.12. The standard InChI is InChI=1S/C20H32O4/c1-2-3-9-17(22)11-7-8-16-13-14-20(24)19(16)12-6-4-5-10-18(23)15-21/h4,6-8,16-17,19,21-22H,2-3,5,9-15H2,1H3/b6-4-,8-7+/t16-,17?,19+/m0/s1. The smallest absolute Gasteiger partial charge is 0.158 e. The molecule has 0 aromatic heterocycles. The topological polar surface area (TPSA) is 74.6 Å². The molecule has 0 amide bonds. The van der Waals surface area contributed by atoms with E-state index in [0.717, 1.165) is 25.7 Å². The highest BCUT2D eigenvalue weighted by molar-refractivity contribution is 5.84. The summed E-state index contributed by atoms with van der Waals surface area (Å²) >= 11 is 0. The maximum Gasteiger partial charge on any atom is 0.158 e. The summed E-state index contributed by atoms with van der Waals surface area (Å²) in [5.41, 5.74) is 0. The molecule has 0 radical (unpaired) electrons. The number of aliphatic hydroxyl groups excluding tert-OH is 2. The molecule has 1 aliphatic carbocycles. The number of Topliss-reactive ketones (excluding diaryl/α,β-unsaturated/α-hetero) is 2. The number of rotatable bonds is 12. The lowest BCUT2D eigenvalue weighted by atomic mass is 9.91. The summed E-state index contributed by atoms with van der Waals surface area (Å²) in [4.78, 5) is 23.0. The third-order valence-corrected chi connectivity index (χ3v) is 4.66. The fourth-order valence-electron chi connectivity index (χ4n) is 3.12. The maximum absolute atomic E-state index is 12.0. The van der Waals surface area contributed by atoms with Gasteiger partial charge in [-0.15, -0.1) is 0 Å². The minimum atomic E-state index is -0.397. The highest BCUT2D eigenvalue weighted by Crippen LogP contribution is 2.32. The highest BCUT2D eigenvalue weighted by atomic mass is 16.3. The van der Waals surface area contributed by atoms with Gasteiger partial charge in [-0.3, -0.25) is 9.59 Å². The van der Waals surface area contributed by atoms with Crippen LogP contribution < -0.4 is 0 Å². The van der Waals surface area contributed by atoms with E-state index in [1.807, 2.05) is 18.2 Å². The minimum Gasteiger partial charge on any atom is -0.393 e. The SMILES string of the molecule is CCCCC(O)C/C=C/[C@H]1CCC(=O)[C@@H]1C/C=C\CCC(=O)CO. The van der Waals surface area contributed by atoms with Gasteiger partial charge in [-0.05, 0) is 38.0 Å². The van der Waals surface area contributed by atoms with Crippen LogP contribution in [0, 0.1) is 11.8 Å². The van der Waals surface area contributed by atoms with Crippen LogP contribution in [0.3, 0.4) is 0 Å². The third kappa shape index (κ3) is 8.02. The zero-order valence-corrected chi connectivity index (χ0v) is 14.8. The van der Waals surface area contributed by atoms with Crippen LogP contribution >= 0.6 is 0 Å². The fourth-order valence-corrected chi connectivity index (χ4v) is 3.12. The molecule has 1 fully saturated rings. The molecule has 1 rings (SSSR count). The number of ketones is 2. The van der Waals surface area contributed by atoms with Crippen molar-refractivity contribution in [1.82, 2.24) is 0 Å². The first-order valence-electron chi connectivity index (χ1n) is 9.23. The molecule has 4 nitrogen and oxygen atoms in total. The number of allylic oxidation sites excluding steroid dienone is 3. The summed E-state index contributed by atoms with van der Waals surface area (Å²) in [7, 11) is 0. The summed E-state index contributed by atoms with van der Waals surface area (Å²) in [5.74, 6) is 0.449. The van der Waals surface area contributed by atoms with E-state index in [-0.39, 0.29) is 23.7 Å². The summed E-state index contributed by atoms with van der Waals surface area (Å²) < 4.78 is 0. The largest absolute Gasteiger partial charge is 0.393 e. The van der Waals surface area contributed by atoms with Crippen LogP contribution in [0.2, 0.25) is 0 Å². The Morgan fingerprint density at radius 2 is 2.12 bits per heavy atom. The molecule has 0 bridgehead atoms. The van der Waals surface area contributed by atoms with Gasteiger partial charge in [0.05, 0.1) is 6.10 Å². The molecule has 0 spiro atoms. The monoisotopic (exact) mass is 336 g/mol. The number of unbranched alkanes of at least 4 members (excludes halogenated alkanes) is 1. The second-order valence-corrected chi connectivity index (χ2v) is 6.68. The van der Waals surface area contributed by atoms with E-state index < -0.39 is 6.61 Å². The Morgan fingerprint density at radius 3 is 2.83 bits per heavy atom. The molecule has 1 saturated carbocycles. The van der Waals surface area contributed by atoms with Crippen molar-refractivity contribution >= 4 is 11.6 Å². The first kappa shape index (κ1) is 20.8. The summed E-state index contributed by atoms with van der Waals surface area (Å²) in [5, 5.41) is 18.5. The van der Waals surface area contributed by atoms with Crippen molar-refractivity contribution in [2.24, 2.45) is 11.8 Å². The number of hydrogen-bond donors (Lipinski definition) is 2. The molecule has 136 valence electrons. The van der Waals surface area contributed by atoms with Gasteiger partial charge in [-0.1, -0.05) is 44.1 Å². The van der Waals surface area contributed by atoms with Crippen LogP contribution in [0.15, 0.2) is 24.3 Å². The fraction of sp³-hybridized carbons (Fsp3) is 0.700. The summed E-state index contributed by atoms with van der Waals surface area (Å²) in [6.45, 7) is 1.72. The molecular formula is C20H32O4. The average molecular weight is 336 g/mol. The van der Waals surface area contributed by atoms with E-state index >= 15 is 0 Å². The molecular weight excluding hydrogens is 304 g/mol. The Kier molecular flexibility index (Phi) is 10.5. The van der Waals surface area contributed by atoms with Gasteiger partial charge in [-0.25, -0.2) is 0 Å². The van der Waals surface area contributed by atoms with E-state index in [9.17, 15) is 14.7 Å². The van der Waals surface area contributed by atoms with Crippen LogP contribution in [0.25, 0.3) is 0 Å². The Morgan fingerprint density at radius 1 is 1.33 bits per heavy atom. The van der Waals surface area contributed by atoms with E-state index in [1.165, 1.54) is 0 Å². The first-order valence-corrected chi connectivity index (χ1v) is 9.23. The van der Waals surface area contributed by atoms with Crippen LogP contribution in [0.4, 0.5) is 0 Å². The lowest BCUT2D eigenvalue weighted by Gasteiger charge is -2.13. The maximum atomic E-state index is 12.0. The molecule has 1 unspecified atom stereocenters. The van der Waals surface area contributed by atoms with Crippen LogP contribution in [0.5, 0.6) is 0 Å². The van der Waals surface area contributed by atoms with Crippen molar-refractivity contribution in [3.8, 4) is 0 Å². The molecule has 0 saturated heterocycles. The van der Waals surface area contributed by atoms with Crippen LogP contribution in [-0.2, 0) is 9.59 Å². The Labute approximate surface area is 145 Å². The minimum absolute atomic E-state index is 0.0267. The predicted molar refractivity (Wildman–Crippen MR) is 95.6 cm³/mol. The molecule has 0 heterocycles. The van der Waals surface area contributed by atoms with Crippen LogP contribution in [0.1, 0.15) is 64.7 Å². The van der Waals surface area contributed by atoms with Crippen molar-refractivity contribution in [3.05, 3.63) is 24.3 Å². The number of hydrogen-bond acceptors (Lipinski definition) is 4. The van der Waals surface area contributed by atoms with Gasteiger partial charge in [0.2, 0.25) is 0 Å². The van der Waals surface area contributed by atoms with Crippen molar-refractivity contribution in [2.75, 3.05) is 6.61 Å². The third-order valence-electron chi connectivity index (χ3n) is 4.66. The zero-order chi connectivity index (χ0) is 17.8. The first-order chi connectivity index (χ1) is 11.6. The number of carbonyl (C=O) groups excluding carboxylic acids is 2. The molecule has 0 aliphatic heterocycles. The molecule has 3 atom stereocenters. The Bertz CT molecular complexity index is 439. The van der Waals surface area contributed by atoms with Gasteiger partial charge >= 0.3 is 0 Å². The Hall–Kier alpha value is -1.26. The van der Waals surface area contributed by atoms with Crippen molar-refractivity contribution < 1.29 is 19.8 Å². The van der Waals surface area contributed by atoms with E-state index in [0.29, 0.717) is 37.9 Å². The van der Waals surface area contributed by atoms with E-state index in [1.54, 1.807) is 0 Å². The molecule has 0 aromatic carbocycles. The highest BCUT2D eigenvalue weighted by Gasteiger charge is 2.31. The second-order valence-electron chi connectivity index (χ2n) is 6.68. The quantitative estimate of drug-likeness (QED) is 0.536. The van der Waals surface area contributed by atoms with Crippen molar-refractivity contribution in [2.45, 2.75) is 70.8 Å². The van der Waals surface area contributed by atoms with Crippen LogP contribution in [-0.4, -0.2) is 34.5 Å². The summed E-state index contributed by atoms with van der Waals surface area (Å²) in [6.07, 6.45) is 14.6. The second kappa shape index (κ2) is 12.2. The number of carbonyl (C=O) groups is 2. The van der Waals surface area contributed by atoms with Crippen molar-refractivity contribution in [3.63, 3.8) is 0 Å².